The molecule has 3 aromatic rings. The van der Waals surface area contributed by atoms with E-state index in [2.05, 4.69) is 32.7 Å². The molecule has 0 unspecified atom stereocenters. The van der Waals surface area contributed by atoms with Gasteiger partial charge in [0.05, 0.1) is 16.8 Å². The highest BCUT2D eigenvalue weighted by Crippen LogP contribution is 2.44. The predicted molar refractivity (Wildman–Crippen MR) is 76.4 cm³/mol. The summed E-state index contributed by atoms with van der Waals surface area (Å²) >= 11 is 3.23. The Morgan fingerprint density at radius 1 is 1.21 bits per heavy atom. The van der Waals surface area contributed by atoms with Crippen molar-refractivity contribution in [2.75, 3.05) is 11.6 Å². The Morgan fingerprint density at radius 3 is 3.00 bits per heavy atom. The molecule has 1 aliphatic heterocycles. The van der Waals surface area contributed by atoms with E-state index in [4.69, 9.17) is 0 Å². The molecule has 0 bridgehead atoms. The number of nitrogens with zero attached hydrogens (tertiary/aromatic N) is 4. The molecule has 5 nitrogen and oxygen atoms in total. The van der Waals surface area contributed by atoms with Gasteiger partial charge in [-0.25, -0.2) is 0 Å². The van der Waals surface area contributed by atoms with Crippen LogP contribution in [0, 0.1) is 0 Å². The zero-order valence-electron chi connectivity index (χ0n) is 9.99. The minimum Gasteiger partial charge on any atom is -0.350 e. The molecule has 0 saturated carbocycles. The zero-order chi connectivity index (χ0) is 12.8. The van der Waals surface area contributed by atoms with Gasteiger partial charge in [-0.1, -0.05) is 35.7 Å². The predicted octanol–water partition coefficient (Wildman–Crippen LogP) is 3.05. The highest BCUT2D eigenvalue weighted by molar-refractivity contribution is 7.99. The molecule has 1 N–H and O–H groups in total. The number of anilines is 2. The van der Waals surface area contributed by atoms with Crippen molar-refractivity contribution >= 4 is 40.5 Å². The van der Waals surface area contributed by atoms with Crippen LogP contribution in [0.4, 0.5) is 11.4 Å². The van der Waals surface area contributed by atoms with E-state index >= 15 is 0 Å². The summed E-state index contributed by atoms with van der Waals surface area (Å²) in [4.78, 5) is 2.28. The van der Waals surface area contributed by atoms with Crippen molar-refractivity contribution in [1.29, 1.82) is 0 Å². The summed E-state index contributed by atoms with van der Waals surface area (Å²) in [7, 11) is 0. The highest BCUT2D eigenvalue weighted by Gasteiger charge is 2.20. The van der Waals surface area contributed by atoms with E-state index in [1.54, 1.807) is 16.3 Å². The number of fused-ring (bicyclic) bond motifs is 4. The lowest BCUT2D eigenvalue weighted by Crippen LogP contribution is -2.04. The van der Waals surface area contributed by atoms with Crippen molar-refractivity contribution < 1.29 is 0 Å². The first-order valence-electron chi connectivity index (χ1n) is 5.69. The summed E-state index contributed by atoms with van der Waals surface area (Å²) in [5.41, 5.74) is 2.84. The second kappa shape index (κ2) is 4.14. The third-order valence-electron chi connectivity index (χ3n) is 2.92. The van der Waals surface area contributed by atoms with Gasteiger partial charge in [-0.2, -0.15) is 9.61 Å². The van der Waals surface area contributed by atoms with Crippen LogP contribution in [0.15, 0.2) is 45.4 Å². The summed E-state index contributed by atoms with van der Waals surface area (Å²) in [6.45, 7) is 0. The summed E-state index contributed by atoms with van der Waals surface area (Å²) in [5.74, 6) is 0. The molecule has 1 aromatic carbocycles. The smallest absolute Gasteiger partial charge is 0.212 e. The second-order valence-electron chi connectivity index (χ2n) is 4.03. The molecule has 0 saturated heterocycles. The SMILES string of the molecule is CSc1nnc2c3c(cnn12)Sc1ccccc1N3. The van der Waals surface area contributed by atoms with Crippen molar-refractivity contribution in [3.05, 3.63) is 30.5 Å². The minimum atomic E-state index is 0.767. The Labute approximate surface area is 117 Å². The standard InChI is InChI=1S/C12H9N5S2/c1-18-12-16-15-11-10-9(6-13-17(11)12)19-8-5-3-2-4-7(8)14-10/h2-6,14H,1H3. The first-order valence-corrected chi connectivity index (χ1v) is 7.73. The monoisotopic (exact) mass is 287 g/mol. The lowest BCUT2D eigenvalue weighted by molar-refractivity contribution is 0.802. The van der Waals surface area contributed by atoms with E-state index in [1.165, 1.54) is 16.7 Å². The average Bonchev–Trinajstić information content (AvgIpc) is 2.88. The quantitative estimate of drug-likeness (QED) is 0.543. The van der Waals surface area contributed by atoms with Crippen LogP contribution in [0.3, 0.4) is 0 Å². The molecule has 0 fully saturated rings. The maximum atomic E-state index is 4.41. The molecule has 4 rings (SSSR count). The number of nitrogens with one attached hydrogen (secondary N) is 1. The van der Waals surface area contributed by atoms with E-state index in [1.807, 2.05) is 24.6 Å². The second-order valence-corrected chi connectivity index (χ2v) is 5.89. The molecule has 1 aliphatic rings. The Balaban J connectivity index is 1.94. The molecule has 19 heavy (non-hydrogen) atoms. The summed E-state index contributed by atoms with van der Waals surface area (Å²) in [6.07, 6.45) is 3.83. The molecule has 3 heterocycles. The van der Waals surface area contributed by atoms with Gasteiger partial charge in [0.15, 0.2) is 0 Å². The van der Waals surface area contributed by atoms with Crippen molar-refractivity contribution in [1.82, 2.24) is 19.8 Å². The van der Waals surface area contributed by atoms with E-state index < -0.39 is 0 Å². The van der Waals surface area contributed by atoms with Crippen LogP contribution < -0.4 is 5.32 Å². The van der Waals surface area contributed by atoms with Gasteiger partial charge in [0.2, 0.25) is 10.8 Å². The number of rotatable bonds is 1. The number of hydrogen-bond donors (Lipinski definition) is 1. The Bertz CT molecular complexity index is 783. The zero-order valence-corrected chi connectivity index (χ0v) is 11.6. The Hall–Kier alpha value is -1.73. The average molecular weight is 287 g/mol. The summed E-state index contributed by atoms with van der Waals surface area (Å²) in [6, 6.07) is 8.21. The molecule has 0 amide bonds. The molecule has 2 aromatic heterocycles. The third kappa shape index (κ3) is 1.62. The number of para-hydroxylation sites is 1. The number of hydrogen-bond acceptors (Lipinski definition) is 6. The lowest BCUT2D eigenvalue weighted by atomic mass is 10.3. The van der Waals surface area contributed by atoms with Gasteiger partial charge >= 0.3 is 0 Å². The molecule has 0 radical (unpaired) electrons. The number of thioether (sulfide) groups is 1. The van der Waals surface area contributed by atoms with Crippen LogP contribution in [0.5, 0.6) is 0 Å². The van der Waals surface area contributed by atoms with Crippen molar-refractivity contribution in [3.8, 4) is 0 Å². The fourth-order valence-corrected chi connectivity index (χ4v) is 3.43. The van der Waals surface area contributed by atoms with E-state index in [0.717, 1.165) is 27.1 Å². The van der Waals surface area contributed by atoms with Crippen molar-refractivity contribution in [3.63, 3.8) is 0 Å². The van der Waals surface area contributed by atoms with Crippen LogP contribution in [0.1, 0.15) is 0 Å². The fourth-order valence-electron chi connectivity index (χ4n) is 2.04. The molecule has 0 aliphatic carbocycles. The van der Waals surface area contributed by atoms with Crippen LogP contribution in [0.25, 0.3) is 5.65 Å². The number of benzene rings is 1. The van der Waals surface area contributed by atoms with Crippen LogP contribution in [-0.2, 0) is 0 Å². The topological polar surface area (TPSA) is 55.1 Å². The molecule has 0 spiro atoms. The molecular weight excluding hydrogens is 278 g/mol. The molecule has 0 atom stereocenters. The number of aromatic nitrogens is 4. The largest absolute Gasteiger partial charge is 0.350 e. The van der Waals surface area contributed by atoms with E-state index in [-0.39, 0.29) is 0 Å². The highest BCUT2D eigenvalue weighted by atomic mass is 32.2. The van der Waals surface area contributed by atoms with Crippen LogP contribution in [0.2, 0.25) is 0 Å². The summed E-state index contributed by atoms with van der Waals surface area (Å²) in [5, 5.41) is 17.0. The summed E-state index contributed by atoms with van der Waals surface area (Å²) < 4.78 is 1.77. The Morgan fingerprint density at radius 2 is 2.11 bits per heavy atom. The maximum absolute atomic E-state index is 4.41. The van der Waals surface area contributed by atoms with E-state index in [0.29, 0.717) is 0 Å². The first-order chi connectivity index (χ1) is 9.36. The fraction of sp³-hybridized carbons (Fsp3) is 0.0833. The third-order valence-corrected chi connectivity index (χ3v) is 4.65. The van der Waals surface area contributed by atoms with Crippen molar-refractivity contribution in [2.24, 2.45) is 0 Å². The first kappa shape index (κ1) is 11.1. The molecular formula is C12H9N5S2. The van der Waals surface area contributed by atoms with Gasteiger partial charge in [0.25, 0.3) is 0 Å². The van der Waals surface area contributed by atoms with Crippen molar-refractivity contribution in [2.45, 2.75) is 14.9 Å². The van der Waals surface area contributed by atoms with Gasteiger partial charge in [-0.3, -0.25) is 0 Å². The van der Waals surface area contributed by atoms with Gasteiger partial charge in [0, 0.05) is 4.90 Å². The normalized spacial score (nSPS) is 12.9. The molecule has 7 heteroatoms. The van der Waals surface area contributed by atoms with Gasteiger partial charge in [0.1, 0.15) is 5.69 Å². The molecule has 94 valence electrons. The Kier molecular flexibility index (Phi) is 2.42. The minimum absolute atomic E-state index is 0.767. The lowest BCUT2D eigenvalue weighted by Gasteiger charge is -2.20. The van der Waals surface area contributed by atoms with Gasteiger partial charge in [-0.15, -0.1) is 10.2 Å². The van der Waals surface area contributed by atoms with Gasteiger partial charge in [-0.05, 0) is 18.4 Å². The van der Waals surface area contributed by atoms with Crippen LogP contribution in [-0.4, -0.2) is 26.1 Å². The maximum Gasteiger partial charge on any atom is 0.212 e. The van der Waals surface area contributed by atoms with Crippen LogP contribution >= 0.6 is 23.5 Å². The van der Waals surface area contributed by atoms with Gasteiger partial charge < -0.3 is 5.32 Å². The van der Waals surface area contributed by atoms with E-state index in [9.17, 15) is 0 Å².